The molecule has 18 heavy (non-hydrogen) atoms. The second kappa shape index (κ2) is 5.73. The number of nitro groups is 1. The van der Waals surface area contributed by atoms with Gasteiger partial charge in [-0.2, -0.15) is 23.9 Å². The van der Waals surface area contributed by atoms with E-state index < -0.39 is 4.92 Å². The summed E-state index contributed by atoms with van der Waals surface area (Å²) >= 11 is 1.52. The fourth-order valence-electron chi connectivity index (χ4n) is 1.73. The van der Waals surface area contributed by atoms with E-state index in [0.29, 0.717) is 5.69 Å². The Morgan fingerprint density at radius 1 is 1.22 bits per heavy atom. The van der Waals surface area contributed by atoms with E-state index in [9.17, 15) is 10.1 Å². The van der Waals surface area contributed by atoms with Crippen molar-refractivity contribution < 1.29 is 56.3 Å². The quantitative estimate of drug-likeness (QED) is 0.307. The summed E-state index contributed by atoms with van der Waals surface area (Å²) in [5, 5.41) is 14.0. The predicted octanol–water partition coefficient (Wildman–Crippen LogP) is 0.607. The monoisotopic (exact) mass is 282 g/mol. The number of benzene rings is 2. The summed E-state index contributed by atoms with van der Waals surface area (Å²) in [6.07, 6.45) is 0. The van der Waals surface area contributed by atoms with Gasteiger partial charge in [0.25, 0.3) is 0 Å². The molecular weight excluding hydrogens is 275 g/mol. The molecule has 0 saturated carbocycles. The summed E-state index contributed by atoms with van der Waals surface area (Å²) in [5.41, 5.74) is 1.52. The fraction of sp³-hybridized carbons (Fsp3) is 0. The predicted molar refractivity (Wildman–Crippen MR) is 65.8 cm³/mol. The molecule has 4 nitrogen and oxygen atoms in total. The number of nitrogens with one attached hydrogen (secondary N) is 1. The Labute approximate surface area is 151 Å². The topological polar surface area (TPSA) is 55.2 Å². The second-order valence-corrected chi connectivity index (χ2v) is 4.64. The average molecular weight is 282 g/mol. The molecule has 0 spiro atoms. The summed E-state index contributed by atoms with van der Waals surface area (Å²) in [5.74, 6) is 0. The molecule has 84 valence electrons. The molecule has 1 N–H and O–H groups in total. The summed E-state index contributed by atoms with van der Waals surface area (Å²) in [6.45, 7) is 0. The van der Waals surface area contributed by atoms with Crippen molar-refractivity contribution in [2.24, 2.45) is 0 Å². The summed E-state index contributed by atoms with van der Waals surface area (Å²) in [7, 11) is 0. The number of para-hydroxylation sites is 1. The van der Waals surface area contributed by atoms with E-state index >= 15 is 0 Å². The number of rotatable bonds is 1. The molecule has 0 saturated heterocycles. The van der Waals surface area contributed by atoms with Gasteiger partial charge in [-0.25, -0.2) is 0 Å². The molecule has 0 fully saturated rings. The van der Waals surface area contributed by atoms with Gasteiger partial charge in [-0.3, -0.25) is 10.1 Å². The molecular formula is C12H7KN2O2S. The van der Waals surface area contributed by atoms with E-state index in [4.69, 9.17) is 0 Å². The van der Waals surface area contributed by atoms with Gasteiger partial charge >= 0.3 is 51.4 Å². The van der Waals surface area contributed by atoms with Crippen molar-refractivity contribution in [3.05, 3.63) is 52.6 Å². The second-order valence-electron chi connectivity index (χ2n) is 3.56. The Morgan fingerprint density at radius 2 is 2.00 bits per heavy atom. The van der Waals surface area contributed by atoms with Gasteiger partial charge < -0.3 is 5.32 Å². The molecule has 0 aromatic heterocycles. The van der Waals surface area contributed by atoms with E-state index in [0.717, 1.165) is 15.5 Å². The van der Waals surface area contributed by atoms with Crippen LogP contribution in [-0.4, -0.2) is 4.92 Å². The Bertz CT molecular complexity index is 619. The number of fused-ring (bicyclic) bond motifs is 2. The van der Waals surface area contributed by atoms with Crippen LogP contribution in [0.3, 0.4) is 0 Å². The molecule has 0 bridgehead atoms. The molecule has 2 aromatic rings. The first kappa shape index (κ1) is 14.0. The van der Waals surface area contributed by atoms with E-state index in [1.807, 2.05) is 24.3 Å². The number of nitrogens with zero attached hydrogens (tertiary/aromatic N) is 1. The first-order valence-electron chi connectivity index (χ1n) is 4.98. The largest absolute Gasteiger partial charge is 1.00 e. The first-order chi connectivity index (χ1) is 8.25. The maximum Gasteiger partial charge on any atom is 1.00 e. The van der Waals surface area contributed by atoms with Crippen LogP contribution in [0.25, 0.3) is 0 Å². The van der Waals surface area contributed by atoms with Crippen molar-refractivity contribution in [3.63, 3.8) is 0 Å². The Balaban J connectivity index is 0.00000120. The normalized spacial score (nSPS) is 11.6. The van der Waals surface area contributed by atoms with E-state index in [2.05, 4.69) is 11.4 Å². The van der Waals surface area contributed by atoms with E-state index in [-0.39, 0.29) is 57.1 Å². The third kappa shape index (κ3) is 2.49. The van der Waals surface area contributed by atoms with E-state index in [1.165, 1.54) is 17.8 Å². The molecule has 6 heteroatoms. The molecule has 0 amide bonds. The molecule has 1 aliphatic heterocycles. The van der Waals surface area contributed by atoms with E-state index in [1.54, 1.807) is 6.07 Å². The van der Waals surface area contributed by atoms with Crippen LogP contribution in [0.4, 0.5) is 17.1 Å². The number of nitro benzene ring substituents is 1. The first-order valence-corrected chi connectivity index (χ1v) is 5.80. The summed E-state index contributed by atoms with van der Waals surface area (Å²) < 4.78 is 0. The van der Waals surface area contributed by atoms with Crippen LogP contribution >= 0.6 is 11.8 Å². The van der Waals surface area contributed by atoms with Crippen LogP contribution in [0.1, 0.15) is 0 Å². The van der Waals surface area contributed by atoms with Crippen LogP contribution in [0.2, 0.25) is 0 Å². The molecule has 1 heterocycles. The van der Waals surface area contributed by atoms with Crippen LogP contribution < -0.4 is 56.7 Å². The average Bonchev–Trinajstić information content (AvgIpc) is 2.35. The molecule has 0 atom stereocenters. The maximum atomic E-state index is 10.9. The van der Waals surface area contributed by atoms with Gasteiger partial charge in [-0.15, -0.1) is 0 Å². The molecule has 3 rings (SSSR count). The molecule has 0 aliphatic carbocycles. The van der Waals surface area contributed by atoms with Crippen LogP contribution in [0.5, 0.6) is 0 Å². The zero-order valence-corrected chi connectivity index (χ0v) is 13.6. The summed E-state index contributed by atoms with van der Waals surface area (Å²) in [4.78, 5) is 12.4. The molecule has 1 aliphatic rings. The summed E-state index contributed by atoms with van der Waals surface area (Å²) in [6, 6.07) is 13.7. The van der Waals surface area contributed by atoms with Gasteiger partial charge in [-0.1, -0.05) is 23.1 Å². The van der Waals surface area contributed by atoms with Crippen LogP contribution in [-0.2, 0) is 0 Å². The Morgan fingerprint density at radius 3 is 2.78 bits per heavy atom. The number of anilines is 2. The van der Waals surface area contributed by atoms with Gasteiger partial charge in [-0.05, 0) is 12.1 Å². The van der Waals surface area contributed by atoms with Gasteiger partial charge in [0.1, 0.15) is 0 Å². The molecule has 2 aromatic carbocycles. The minimum Gasteiger partial charge on any atom is -0.370 e. The van der Waals surface area contributed by atoms with Crippen molar-refractivity contribution in [3.8, 4) is 0 Å². The van der Waals surface area contributed by atoms with Crippen molar-refractivity contribution in [2.75, 3.05) is 5.32 Å². The zero-order chi connectivity index (χ0) is 11.8. The smallest absolute Gasteiger partial charge is 0.370 e. The SMILES string of the molecule is O=[N+]([O-])c1c[c-]cc2c1Nc1ccccc1S2.[K+]. The molecule has 0 unspecified atom stereocenters. The standard InChI is InChI=1S/C12H7N2O2S.K/c15-14(16)9-5-3-7-11-12(9)13-8-4-1-2-6-10(8)17-11;/h1-2,4-7,13H;/q-1;+1. The van der Waals surface area contributed by atoms with Crippen LogP contribution in [0, 0.1) is 16.2 Å². The van der Waals surface area contributed by atoms with Crippen LogP contribution in [0.15, 0.2) is 46.2 Å². The zero-order valence-electron chi connectivity index (χ0n) is 9.64. The minimum absolute atomic E-state index is 0. The molecule has 0 radical (unpaired) electrons. The Kier molecular flexibility index (Phi) is 4.47. The minimum atomic E-state index is -0.392. The van der Waals surface area contributed by atoms with Gasteiger partial charge in [0.05, 0.1) is 0 Å². The maximum absolute atomic E-state index is 10.9. The number of hydrogen-bond donors (Lipinski definition) is 1. The van der Waals surface area contributed by atoms with Crippen molar-refractivity contribution >= 4 is 28.8 Å². The van der Waals surface area contributed by atoms with Crippen molar-refractivity contribution in [2.45, 2.75) is 9.79 Å². The number of hydrogen-bond acceptors (Lipinski definition) is 4. The third-order valence-electron chi connectivity index (χ3n) is 2.50. The Hall–Kier alpha value is -0.374. The fourth-order valence-corrected chi connectivity index (χ4v) is 2.73. The van der Waals surface area contributed by atoms with Gasteiger partial charge in [0, 0.05) is 21.2 Å². The van der Waals surface area contributed by atoms with Gasteiger partial charge in [0.2, 0.25) is 0 Å². The third-order valence-corrected chi connectivity index (χ3v) is 3.62. The van der Waals surface area contributed by atoms with Gasteiger partial charge in [0.15, 0.2) is 5.69 Å². The van der Waals surface area contributed by atoms with Crippen molar-refractivity contribution in [1.82, 2.24) is 0 Å². The van der Waals surface area contributed by atoms with Crippen molar-refractivity contribution in [1.29, 1.82) is 0 Å².